The molecule has 16 rings (SSSR count). The average molecular weight is 1360 g/mol. The second-order valence-corrected chi connectivity index (χ2v) is 21.6. The number of fused-ring (bicyclic) bond motifs is 8. The van der Waals surface area contributed by atoms with Gasteiger partial charge in [-0.15, -0.1) is 0 Å². The summed E-state index contributed by atoms with van der Waals surface area (Å²) in [7, 11) is -1.00. The molecule has 0 aliphatic carbocycles. The van der Waals surface area contributed by atoms with Crippen molar-refractivity contribution < 1.29 is 93.2 Å². The topological polar surface area (TPSA) is 363 Å². The number of carboxylic acids is 4. The Morgan fingerprint density at radius 2 is 0.564 bits per heavy atom. The van der Waals surface area contributed by atoms with E-state index in [1.54, 1.807) is 24.3 Å². The third-order valence-electron chi connectivity index (χ3n) is 15.7. The van der Waals surface area contributed by atoms with Gasteiger partial charge in [0.2, 0.25) is 0 Å². The summed E-state index contributed by atoms with van der Waals surface area (Å²) in [6.07, 6.45) is 0. The zero-order valence-corrected chi connectivity index (χ0v) is 51.7. The molecule has 502 valence electrons. The summed E-state index contributed by atoms with van der Waals surface area (Å²) >= 11 is 0. The van der Waals surface area contributed by atoms with Crippen molar-refractivity contribution in [2.24, 2.45) is 0 Å². The molecule has 0 unspecified atom stereocenters. The SMILES string of the molecule is C.Nc1cccc2ccccc12.Nc1cccc2ccccc12.O=C(O)c1ccc2c(c1)C(=O)N(c1cccc3ccccc13)C2=O.O=C(O)c1ccc2c(c1)C(=O)N(c1cccc3ccccc13)C2=O.O=C(O)c1ccc2c(c1)C(=O)OC2=O.O=C(O)c1ccc2c(c1)C(=O)OC2=O.[2H]CF. The van der Waals surface area contributed by atoms with Crippen molar-refractivity contribution in [3.8, 4) is 0 Å². The largest absolute Gasteiger partial charge is 0.478 e. The molecule has 4 heterocycles. The number of esters is 4. The summed E-state index contributed by atoms with van der Waals surface area (Å²) in [5.41, 5.74) is 15.0. The van der Waals surface area contributed by atoms with Crippen LogP contribution in [0, 0.1) is 0 Å². The zero-order chi connectivity index (χ0) is 72.3. The third-order valence-corrected chi connectivity index (χ3v) is 15.7. The van der Waals surface area contributed by atoms with Gasteiger partial charge in [0.15, 0.2) is 0 Å². The second kappa shape index (κ2) is 30.6. The molecular weight excluding hydrogens is 1300 g/mol. The highest BCUT2D eigenvalue weighted by Gasteiger charge is 2.40. The number of imide groups is 2. The number of anilines is 4. The summed E-state index contributed by atoms with van der Waals surface area (Å²) in [6, 6.07) is 69.1. The van der Waals surface area contributed by atoms with Crippen LogP contribution in [0.3, 0.4) is 0 Å². The number of hydrogen-bond acceptors (Lipinski definition) is 16. The van der Waals surface area contributed by atoms with Crippen LogP contribution in [0.4, 0.5) is 27.1 Å². The molecular formula is C78H55FN4O18. The summed E-state index contributed by atoms with van der Waals surface area (Å²) in [5.74, 6) is -9.54. The van der Waals surface area contributed by atoms with E-state index in [0.29, 0.717) is 11.4 Å². The Labute approximate surface area is 573 Å². The van der Waals surface area contributed by atoms with Gasteiger partial charge in [-0.1, -0.05) is 153 Å². The fourth-order valence-corrected chi connectivity index (χ4v) is 10.9. The highest BCUT2D eigenvalue weighted by Crippen LogP contribution is 2.36. The maximum atomic E-state index is 12.7. The van der Waals surface area contributed by atoms with Gasteiger partial charge in [0.05, 0.1) is 86.7 Å². The van der Waals surface area contributed by atoms with Gasteiger partial charge in [0.1, 0.15) is 0 Å². The maximum absolute atomic E-state index is 12.7. The Kier molecular flexibility index (Phi) is 21.0. The quantitative estimate of drug-likeness (QED) is 0.0390. The number of rotatable bonds is 6. The highest BCUT2D eigenvalue weighted by molar-refractivity contribution is 6.37. The van der Waals surface area contributed by atoms with Crippen molar-refractivity contribution in [1.82, 2.24) is 0 Å². The van der Waals surface area contributed by atoms with Crippen LogP contribution < -0.4 is 21.3 Å². The maximum Gasteiger partial charge on any atom is 0.346 e. The first-order chi connectivity index (χ1) is 48.5. The van der Waals surface area contributed by atoms with Crippen LogP contribution in [0.25, 0.3) is 43.1 Å². The number of nitrogens with two attached hydrogens (primary N) is 2. The van der Waals surface area contributed by atoms with Gasteiger partial charge in [0, 0.05) is 32.9 Å². The molecule has 0 atom stereocenters. The third kappa shape index (κ3) is 14.7. The average Bonchev–Trinajstić information content (AvgIpc) is 1.60. The smallest absolute Gasteiger partial charge is 0.346 e. The van der Waals surface area contributed by atoms with Crippen molar-refractivity contribution in [1.29, 1.82) is 0 Å². The monoisotopic (exact) mass is 1360 g/mol. The molecule has 0 spiro atoms. The predicted molar refractivity (Wildman–Crippen MR) is 374 cm³/mol. The van der Waals surface area contributed by atoms with E-state index >= 15 is 0 Å². The van der Waals surface area contributed by atoms with Crippen LogP contribution >= 0.6 is 0 Å². The molecule has 0 bridgehead atoms. The number of benzene rings is 12. The summed E-state index contributed by atoms with van der Waals surface area (Å²) < 4.78 is 24.1. The van der Waals surface area contributed by atoms with Crippen LogP contribution in [-0.2, 0) is 9.47 Å². The van der Waals surface area contributed by atoms with Crippen LogP contribution in [0.1, 0.15) is 133 Å². The number of nitrogen functional groups attached to an aromatic ring is 2. The first-order valence-corrected chi connectivity index (χ1v) is 29.6. The lowest BCUT2D eigenvalue weighted by molar-refractivity contribution is 0.0425. The second-order valence-electron chi connectivity index (χ2n) is 21.6. The van der Waals surface area contributed by atoms with E-state index in [-0.39, 0.29) is 74.2 Å². The van der Waals surface area contributed by atoms with E-state index in [4.69, 9.17) is 33.3 Å². The molecule has 4 amide bonds. The van der Waals surface area contributed by atoms with Gasteiger partial charge in [-0.05, 0) is 119 Å². The Morgan fingerprint density at radius 1 is 0.327 bits per heavy atom. The van der Waals surface area contributed by atoms with E-state index in [9.17, 15) is 61.9 Å². The zero-order valence-electron chi connectivity index (χ0n) is 52.7. The van der Waals surface area contributed by atoms with Gasteiger partial charge in [-0.25, -0.2) is 48.2 Å². The Morgan fingerprint density at radius 3 is 0.871 bits per heavy atom. The van der Waals surface area contributed by atoms with Crippen LogP contribution in [0.15, 0.2) is 243 Å². The number of cyclic esters (lactones) is 4. The first kappa shape index (κ1) is 69.5. The van der Waals surface area contributed by atoms with Crippen molar-refractivity contribution in [2.75, 3.05) is 28.4 Å². The summed E-state index contributed by atoms with van der Waals surface area (Å²) in [6.45, 7) is 0. The predicted octanol–water partition coefficient (Wildman–Crippen LogP) is 14.1. The molecule has 22 nitrogen and oxygen atoms in total. The number of amides is 4. The molecule has 0 saturated carbocycles. The van der Waals surface area contributed by atoms with E-state index < -0.39 is 78.5 Å². The summed E-state index contributed by atoms with van der Waals surface area (Å²) in [5, 5.41) is 43.5. The van der Waals surface area contributed by atoms with Crippen molar-refractivity contribution >= 4 is 137 Å². The number of carboxylic acid groups (broad SMARTS) is 4. The van der Waals surface area contributed by atoms with Crippen molar-refractivity contribution in [3.05, 3.63) is 309 Å². The van der Waals surface area contributed by atoms with Gasteiger partial charge in [-0.2, -0.15) is 0 Å². The number of hydrogen-bond donors (Lipinski definition) is 6. The molecule has 12 aromatic carbocycles. The summed E-state index contributed by atoms with van der Waals surface area (Å²) in [4.78, 5) is 140. The number of carbonyl (C=O) groups excluding carboxylic acids is 8. The molecule has 12 aromatic rings. The fourth-order valence-electron chi connectivity index (χ4n) is 10.9. The standard InChI is InChI=1S/2C19H11NO4.2C10H9N.2C9H4O5.CH3F.CH4/c2*21-17-14-9-8-12(19(23)24)10-15(14)18(22)20(17)16-7-3-5-11-4-1-2-6-13(11)16;2*11-10-7-3-5-8-4-1-2-6-9(8)10;2*10-7(11)4-1-2-5-6(3-4)9(13)14-8(5)12;1-2;/h2*1-10H,(H,23,24);2*1-7H,11H2;2*1-3H,(H,10,11);1H3;1H4/i;;;;;;1D;. The molecule has 0 aromatic heterocycles. The lowest BCUT2D eigenvalue weighted by atomic mass is 10.1. The molecule has 0 fully saturated rings. The number of alkyl halides is 1. The minimum Gasteiger partial charge on any atom is -0.478 e. The number of halogens is 1. The lowest BCUT2D eigenvalue weighted by Gasteiger charge is -2.16. The van der Waals surface area contributed by atoms with Crippen molar-refractivity contribution in [3.63, 3.8) is 0 Å². The molecule has 23 heteroatoms. The normalized spacial score (nSPS) is 12.6. The van der Waals surface area contributed by atoms with Gasteiger partial charge in [-0.3, -0.25) is 23.6 Å². The Hall–Kier alpha value is -14.4. The molecule has 0 radical (unpaired) electrons. The van der Waals surface area contributed by atoms with Gasteiger partial charge >= 0.3 is 47.8 Å². The molecule has 4 aliphatic rings. The van der Waals surface area contributed by atoms with E-state index in [1.807, 2.05) is 121 Å². The Balaban J connectivity index is 0.000000145. The van der Waals surface area contributed by atoms with Crippen LogP contribution in [-0.4, -0.2) is 99.0 Å². The van der Waals surface area contributed by atoms with Crippen molar-refractivity contribution in [2.45, 2.75) is 7.43 Å². The highest BCUT2D eigenvalue weighted by atomic mass is 19.1. The van der Waals surface area contributed by atoms with E-state index in [0.717, 1.165) is 65.6 Å². The Bertz CT molecular complexity index is 5110. The van der Waals surface area contributed by atoms with Crippen LogP contribution in [0.2, 0.25) is 0 Å². The minimum absolute atomic E-state index is 0. The molecule has 8 N–H and O–H groups in total. The van der Waals surface area contributed by atoms with Gasteiger partial charge in [0.25, 0.3) is 23.6 Å². The van der Waals surface area contributed by atoms with E-state index in [1.165, 1.54) is 71.4 Å². The lowest BCUT2D eigenvalue weighted by Crippen LogP contribution is -2.29. The minimum atomic E-state index is -1.15. The van der Waals surface area contributed by atoms with Gasteiger partial charge < -0.3 is 41.4 Å². The molecule has 0 saturated heterocycles. The number of aromatic carboxylic acids is 4. The number of carbonyl (C=O) groups is 12. The van der Waals surface area contributed by atoms with E-state index in [2.05, 4.69) is 33.7 Å². The molecule has 4 aliphatic heterocycles. The molecule has 101 heavy (non-hydrogen) atoms. The number of ether oxygens (including phenoxy) is 2. The van der Waals surface area contributed by atoms with Crippen LogP contribution in [0.5, 0.6) is 0 Å². The number of nitrogens with zero attached hydrogens (tertiary/aromatic N) is 2. The fraction of sp³-hybridized carbons (Fsp3) is 0.0256. The first-order valence-electron chi connectivity index (χ1n) is 30.3.